The van der Waals surface area contributed by atoms with Crippen LogP contribution in [0.5, 0.6) is 0 Å². The third kappa shape index (κ3) is 4.88. The molecule has 0 saturated carbocycles. The number of piperazine rings is 1. The summed E-state index contributed by atoms with van der Waals surface area (Å²) < 4.78 is 5.48. The fourth-order valence-electron chi connectivity index (χ4n) is 4.32. The predicted octanol–water partition coefficient (Wildman–Crippen LogP) is 2.36. The van der Waals surface area contributed by atoms with Crippen molar-refractivity contribution < 1.29 is 14.3 Å². The number of rotatable bonds is 5. The summed E-state index contributed by atoms with van der Waals surface area (Å²) in [7, 11) is 2.08. The number of nitrogens with zero attached hydrogens (tertiary/aromatic N) is 4. The number of hydrogen-bond donors (Lipinski definition) is 0. The molecule has 166 valence electrons. The van der Waals surface area contributed by atoms with Crippen LogP contribution in [0.2, 0.25) is 0 Å². The molecular weight excluding hydrogens is 392 g/mol. The highest BCUT2D eigenvalue weighted by Gasteiger charge is 2.30. The molecule has 0 unspecified atom stereocenters. The van der Waals surface area contributed by atoms with Crippen molar-refractivity contribution in [1.29, 1.82) is 0 Å². The first-order chi connectivity index (χ1) is 14.9. The van der Waals surface area contributed by atoms with Gasteiger partial charge in [-0.05, 0) is 39.4 Å². The van der Waals surface area contributed by atoms with E-state index in [9.17, 15) is 9.59 Å². The summed E-state index contributed by atoms with van der Waals surface area (Å²) in [5.74, 6) is 0.224. The van der Waals surface area contributed by atoms with E-state index in [-0.39, 0.29) is 30.4 Å². The van der Waals surface area contributed by atoms with Gasteiger partial charge in [0.1, 0.15) is 6.61 Å². The standard InChI is InChI=1S/C24H32N4O3/c1-17(2)31-16-23(29)28-9-8-18(15-28)22-14-20(19-6-4-5-7-21(19)25-22)24(30)27-12-10-26(3)11-13-27/h4-7,14,17-18H,8-13,15-16H2,1-3H3/t18-/m1/s1. The van der Waals surface area contributed by atoms with Crippen LogP contribution in [0.1, 0.15) is 42.2 Å². The monoisotopic (exact) mass is 424 g/mol. The van der Waals surface area contributed by atoms with Gasteiger partial charge in [-0.2, -0.15) is 0 Å². The van der Waals surface area contributed by atoms with E-state index in [1.54, 1.807) is 0 Å². The third-order valence-corrected chi connectivity index (χ3v) is 6.26. The first kappa shape index (κ1) is 21.7. The molecule has 4 rings (SSSR count). The van der Waals surface area contributed by atoms with Gasteiger partial charge in [-0.25, -0.2) is 0 Å². The van der Waals surface area contributed by atoms with E-state index in [4.69, 9.17) is 9.72 Å². The molecule has 0 radical (unpaired) electrons. The van der Waals surface area contributed by atoms with Gasteiger partial charge in [0.15, 0.2) is 0 Å². The lowest BCUT2D eigenvalue weighted by atomic mass is 9.98. The number of fused-ring (bicyclic) bond motifs is 1. The number of pyridine rings is 1. The van der Waals surface area contributed by atoms with Gasteiger partial charge < -0.3 is 19.4 Å². The van der Waals surface area contributed by atoms with E-state index >= 15 is 0 Å². The maximum Gasteiger partial charge on any atom is 0.254 e. The Morgan fingerprint density at radius 2 is 1.84 bits per heavy atom. The molecule has 2 aliphatic rings. The third-order valence-electron chi connectivity index (χ3n) is 6.26. The Balaban J connectivity index is 1.57. The van der Waals surface area contributed by atoms with Crippen molar-refractivity contribution in [2.75, 3.05) is 52.9 Å². The second-order valence-electron chi connectivity index (χ2n) is 8.89. The molecule has 2 fully saturated rings. The lowest BCUT2D eigenvalue weighted by molar-refractivity contribution is -0.136. The minimum atomic E-state index is 0.0192. The quantitative estimate of drug-likeness (QED) is 0.737. The summed E-state index contributed by atoms with van der Waals surface area (Å²) in [6, 6.07) is 9.81. The number of amides is 2. The predicted molar refractivity (Wildman–Crippen MR) is 120 cm³/mol. The van der Waals surface area contributed by atoms with Crippen LogP contribution >= 0.6 is 0 Å². The Morgan fingerprint density at radius 1 is 1.10 bits per heavy atom. The first-order valence-corrected chi connectivity index (χ1v) is 11.2. The molecule has 0 N–H and O–H groups in total. The van der Waals surface area contributed by atoms with Crippen molar-refractivity contribution in [3.63, 3.8) is 0 Å². The Hall–Kier alpha value is -2.51. The molecule has 2 aliphatic heterocycles. The van der Waals surface area contributed by atoms with Gasteiger partial charge in [0.05, 0.1) is 17.2 Å². The van der Waals surface area contributed by atoms with E-state index in [1.165, 1.54) is 0 Å². The number of carbonyl (C=O) groups is 2. The SMILES string of the molecule is CC(C)OCC(=O)N1CC[C@@H](c2cc(C(=O)N3CCN(C)CC3)c3ccccc3n2)C1. The Kier molecular flexibility index (Phi) is 6.53. The fourth-order valence-corrected chi connectivity index (χ4v) is 4.32. The van der Waals surface area contributed by atoms with Gasteiger partial charge in [-0.3, -0.25) is 14.6 Å². The molecule has 1 aromatic heterocycles. The van der Waals surface area contributed by atoms with E-state index in [0.29, 0.717) is 13.1 Å². The molecule has 31 heavy (non-hydrogen) atoms. The molecule has 0 spiro atoms. The van der Waals surface area contributed by atoms with Crippen LogP contribution in [0.25, 0.3) is 10.9 Å². The summed E-state index contributed by atoms with van der Waals surface area (Å²) >= 11 is 0. The number of aromatic nitrogens is 1. The van der Waals surface area contributed by atoms with Gasteiger partial charge in [-0.1, -0.05) is 18.2 Å². The minimum Gasteiger partial charge on any atom is -0.369 e. The lowest BCUT2D eigenvalue weighted by Gasteiger charge is -2.32. The molecule has 0 bridgehead atoms. The Morgan fingerprint density at radius 3 is 2.58 bits per heavy atom. The van der Waals surface area contributed by atoms with Crippen LogP contribution in [0.15, 0.2) is 30.3 Å². The van der Waals surface area contributed by atoms with Gasteiger partial charge in [-0.15, -0.1) is 0 Å². The molecule has 2 amide bonds. The van der Waals surface area contributed by atoms with Crippen molar-refractivity contribution in [3.8, 4) is 0 Å². The number of likely N-dealkylation sites (N-methyl/N-ethyl adjacent to an activating group) is 1. The Labute approximate surface area is 184 Å². The maximum absolute atomic E-state index is 13.4. The summed E-state index contributed by atoms with van der Waals surface area (Å²) in [5.41, 5.74) is 2.46. The molecule has 0 aliphatic carbocycles. The summed E-state index contributed by atoms with van der Waals surface area (Å²) in [6.07, 6.45) is 0.883. The molecule has 1 atom stereocenters. The molecule has 1 aromatic carbocycles. The van der Waals surface area contributed by atoms with Crippen LogP contribution in [-0.4, -0.2) is 90.5 Å². The fraction of sp³-hybridized carbons (Fsp3) is 0.542. The lowest BCUT2D eigenvalue weighted by Crippen LogP contribution is -2.47. The first-order valence-electron chi connectivity index (χ1n) is 11.2. The normalized spacial score (nSPS) is 20.1. The molecule has 2 aromatic rings. The van der Waals surface area contributed by atoms with Crippen molar-refractivity contribution in [2.24, 2.45) is 0 Å². The smallest absolute Gasteiger partial charge is 0.254 e. The van der Waals surface area contributed by atoms with Crippen LogP contribution in [0.3, 0.4) is 0 Å². The topological polar surface area (TPSA) is 66.0 Å². The zero-order valence-corrected chi connectivity index (χ0v) is 18.7. The molecule has 3 heterocycles. The second-order valence-corrected chi connectivity index (χ2v) is 8.89. The summed E-state index contributed by atoms with van der Waals surface area (Å²) in [6.45, 7) is 8.54. The van der Waals surface area contributed by atoms with Crippen LogP contribution in [0, 0.1) is 0 Å². The van der Waals surface area contributed by atoms with Crippen LogP contribution < -0.4 is 0 Å². The summed E-state index contributed by atoms with van der Waals surface area (Å²) in [4.78, 5) is 36.8. The number of likely N-dealkylation sites (tertiary alicyclic amines) is 1. The van der Waals surface area contributed by atoms with E-state index in [0.717, 1.165) is 54.8 Å². The highest BCUT2D eigenvalue weighted by Crippen LogP contribution is 2.30. The molecule has 2 saturated heterocycles. The number of hydrogen-bond acceptors (Lipinski definition) is 5. The van der Waals surface area contributed by atoms with Crippen LogP contribution in [0.4, 0.5) is 0 Å². The maximum atomic E-state index is 13.4. The highest BCUT2D eigenvalue weighted by atomic mass is 16.5. The molecule has 7 heteroatoms. The average molecular weight is 425 g/mol. The number of benzene rings is 1. The largest absolute Gasteiger partial charge is 0.369 e. The van der Waals surface area contributed by atoms with Crippen LogP contribution in [-0.2, 0) is 9.53 Å². The average Bonchev–Trinajstić information content (AvgIpc) is 3.27. The second kappa shape index (κ2) is 9.32. The number of carbonyl (C=O) groups excluding carboxylic acids is 2. The van der Waals surface area contributed by atoms with Crippen molar-refractivity contribution in [1.82, 2.24) is 19.7 Å². The zero-order chi connectivity index (χ0) is 22.0. The summed E-state index contributed by atoms with van der Waals surface area (Å²) in [5, 5.41) is 0.895. The van der Waals surface area contributed by atoms with Crippen molar-refractivity contribution in [3.05, 3.63) is 41.6 Å². The van der Waals surface area contributed by atoms with E-state index in [1.807, 2.05) is 54.0 Å². The van der Waals surface area contributed by atoms with Gasteiger partial charge in [0.25, 0.3) is 5.91 Å². The van der Waals surface area contributed by atoms with Gasteiger partial charge in [0.2, 0.25) is 5.91 Å². The van der Waals surface area contributed by atoms with Gasteiger partial charge in [0, 0.05) is 56.3 Å². The van der Waals surface area contributed by atoms with Gasteiger partial charge >= 0.3 is 0 Å². The van der Waals surface area contributed by atoms with E-state index in [2.05, 4.69) is 11.9 Å². The highest BCUT2D eigenvalue weighted by molar-refractivity contribution is 6.06. The molecule has 7 nitrogen and oxygen atoms in total. The number of para-hydroxylation sites is 1. The molecular formula is C24H32N4O3. The Bertz CT molecular complexity index is 953. The van der Waals surface area contributed by atoms with Crippen molar-refractivity contribution in [2.45, 2.75) is 32.3 Å². The minimum absolute atomic E-state index is 0.0192. The zero-order valence-electron chi connectivity index (χ0n) is 18.7. The number of ether oxygens (including phenoxy) is 1. The van der Waals surface area contributed by atoms with Crippen molar-refractivity contribution >= 4 is 22.7 Å². The van der Waals surface area contributed by atoms with E-state index < -0.39 is 0 Å².